The Hall–Kier alpha value is -1.30. The first-order valence-electron chi connectivity index (χ1n) is 8.50. The van der Waals surface area contributed by atoms with E-state index in [1.54, 1.807) is 6.92 Å². The van der Waals surface area contributed by atoms with Crippen LogP contribution >= 0.6 is 24.8 Å². The molecule has 0 spiro atoms. The van der Waals surface area contributed by atoms with Gasteiger partial charge >= 0.3 is 0 Å². The molecule has 0 fully saturated rings. The number of rotatable bonds is 10. The van der Waals surface area contributed by atoms with Crippen LogP contribution in [0.1, 0.15) is 23.6 Å². The minimum Gasteiger partial charge on any atom is -0.489 e. The van der Waals surface area contributed by atoms with Gasteiger partial charge in [0.15, 0.2) is 0 Å². The van der Waals surface area contributed by atoms with E-state index in [0.29, 0.717) is 13.2 Å². The zero-order valence-corrected chi connectivity index (χ0v) is 17.0. The molecule has 1 unspecified atom stereocenters. The van der Waals surface area contributed by atoms with Crippen molar-refractivity contribution in [3.8, 4) is 5.75 Å². The van der Waals surface area contributed by atoms with Gasteiger partial charge in [-0.05, 0) is 37.1 Å². The maximum Gasteiger partial charge on any atom is 0.120 e. The molecule has 26 heavy (non-hydrogen) atoms. The van der Waals surface area contributed by atoms with Crippen LogP contribution in [0.5, 0.6) is 5.75 Å². The van der Waals surface area contributed by atoms with Gasteiger partial charge in [0.1, 0.15) is 12.4 Å². The molecule has 0 amide bonds. The molecule has 0 heterocycles. The summed E-state index contributed by atoms with van der Waals surface area (Å²) in [5.41, 5.74) is 3.63. The number of aliphatic hydroxyl groups is 1. The minimum absolute atomic E-state index is 0. The van der Waals surface area contributed by atoms with Gasteiger partial charge in [-0.1, -0.05) is 42.0 Å². The molecule has 0 aliphatic carbocycles. The molecule has 0 aromatic heterocycles. The van der Waals surface area contributed by atoms with Crippen molar-refractivity contribution in [3.05, 3.63) is 65.2 Å². The summed E-state index contributed by atoms with van der Waals surface area (Å²) in [6, 6.07) is 16.6. The molecule has 0 bridgehead atoms. The third kappa shape index (κ3) is 10.00. The number of nitrogens with one attached hydrogen (secondary N) is 2. The molecule has 3 N–H and O–H groups in total. The van der Waals surface area contributed by atoms with E-state index in [-0.39, 0.29) is 30.9 Å². The average Bonchev–Trinajstić information content (AvgIpc) is 2.58. The van der Waals surface area contributed by atoms with Crippen LogP contribution in [0.15, 0.2) is 48.5 Å². The van der Waals surface area contributed by atoms with Crippen LogP contribution in [0.25, 0.3) is 0 Å². The SMILES string of the molecule is Cc1ccc(COc2cccc(CNCCNCC(C)O)c2)cc1.Cl.Cl. The van der Waals surface area contributed by atoms with Crippen LogP contribution in [0, 0.1) is 6.92 Å². The molecule has 146 valence electrons. The largest absolute Gasteiger partial charge is 0.489 e. The fraction of sp³-hybridized carbons (Fsp3) is 0.400. The summed E-state index contributed by atoms with van der Waals surface area (Å²) in [6.45, 7) is 7.59. The Bertz CT molecular complexity index is 607. The summed E-state index contributed by atoms with van der Waals surface area (Å²) in [4.78, 5) is 0. The normalized spacial score (nSPS) is 11.2. The Labute approximate surface area is 169 Å². The summed E-state index contributed by atoms with van der Waals surface area (Å²) in [5.74, 6) is 0.891. The first kappa shape index (κ1) is 24.7. The van der Waals surface area contributed by atoms with E-state index in [4.69, 9.17) is 9.84 Å². The van der Waals surface area contributed by atoms with Gasteiger partial charge in [-0.25, -0.2) is 0 Å². The van der Waals surface area contributed by atoms with E-state index in [2.05, 4.69) is 54.0 Å². The first-order valence-corrected chi connectivity index (χ1v) is 8.50. The van der Waals surface area contributed by atoms with Crippen molar-refractivity contribution in [2.45, 2.75) is 33.1 Å². The van der Waals surface area contributed by atoms with Crippen LogP contribution in [0.2, 0.25) is 0 Å². The predicted octanol–water partition coefficient (Wildman–Crippen LogP) is 3.48. The molecular formula is C20H30Cl2N2O2. The average molecular weight is 401 g/mol. The second-order valence-electron chi connectivity index (χ2n) is 6.15. The first-order chi connectivity index (χ1) is 11.6. The maximum atomic E-state index is 9.17. The molecule has 0 saturated heterocycles. The summed E-state index contributed by atoms with van der Waals surface area (Å²) < 4.78 is 5.88. The van der Waals surface area contributed by atoms with E-state index >= 15 is 0 Å². The summed E-state index contributed by atoms with van der Waals surface area (Å²) in [6.07, 6.45) is -0.299. The lowest BCUT2D eigenvalue weighted by atomic mass is 10.2. The Balaban J connectivity index is 0.00000312. The van der Waals surface area contributed by atoms with Gasteiger partial charge < -0.3 is 20.5 Å². The van der Waals surface area contributed by atoms with Crippen molar-refractivity contribution in [2.75, 3.05) is 19.6 Å². The number of ether oxygens (including phenoxy) is 1. The number of hydrogen-bond acceptors (Lipinski definition) is 4. The topological polar surface area (TPSA) is 53.5 Å². The molecule has 0 saturated carbocycles. The predicted molar refractivity (Wildman–Crippen MR) is 113 cm³/mol. The third-order valence-electron chi connectivity index (χ3n) is 3.67. The van der Waals surface area contributed by atoms with Gasteiger partial charge in [0.25, 0.3) is 0 Å². The Morgan fingerprint density at radius 3 is 2.35 bits per heavy atom. The van der Waals surface area contributed by atoms with Crippen LogP contribution in [0.3, 0.4) is 0 Å². The summed E-state index contributed by atoms with van der Waals surface area (Å²) >= 11 is 0. The van der Waals surface area contributed by atoms with Crippen LogP contribution in [-0.2, 0) is 13.2 Å². The standard InChI is InChI=1S/C20H28N2O2.2ClH/c1-16-6-8-18(9-7-16)15-24-20-5-3-4-19(12-20)14-22-11-10-21-13-17(2)23;;/h3-9,12,17,21-23H,10-11,13-15H2,1-2H3;2*1H. The van der Waals surface area contributed by atoms with Crippen molar-refractivity contribution in [1.29, 1.82) is 0 Å². The maximum absolute atomic E-state index is 9.17. The number of hydrogen-bond donors (Lipinski definition) is 3. The van der Waals surface area contributed by atoms with Crippen molar-refractivity contribution in [2.24, 2.45) is 0 Å². The van der Waals surface area contributed by atoms with Crippen LogP contribution in [-0.4, -0.2) is 30.8 Å². The van der Waals surface area contributed by atoms with Crippen LogP contribution < -0.4 is 15.4 Å². The second-order valence-corrected chi connectivity index (χ2v) is 6.15. The third-order valence-corrected chi connectivity index (χ3v) is 3.67. The fourth-order valence-electron chi connectivity index (χ4n) is 2.32. The lowest BCUT2D eigenvalue weighted by Gasteiger charge is -2.10. The van der Waals surface area contributed by atoms with Gasteiger partial charge in [0.05, 0.1) is 6.10 Å². The van der Waals surface area contributed by atoms with E-state index < -0.39 is 0 Å². The number of aryl methyl sites for hydroxylation is 1. The van der Waals surface area contributed by atoms with Crippen molar-refractivity contribution in [1.82, 2.24) is 10.6 Å². The summed E-state index contributed by atoms with van der Waals surface area (Å²) in [5, 5.41) is 15.7. The molecule has 0 radical (unpaired) electrons. The van der Waals surface area contributed by atoms with Crippen molar-refractivity contribution in [3.63, 3.8) is 0 Å². The van der Waals surface area contributed by atoms with E-state index in [1.165, 1.54) is 16.7 Å². The number of benzene rings is 2. The Morgan fingerprint density at radius 1 is 0.962 bits per heavy atom. The molecule has 0 aliphatic rings. The van der Waals surface area contributed by atoms with E-state index in [0.717, 1.165) is 25.4 Å². The van der Waals surface area contributed by atoms with Crippen LogP contribution in [0.4, 0.5) is 0 Å². The van der Waals surface area contributed by atoms with Gasteiger partial charge in [0, 0.05) is 26.2 Å². The van der Waals surface area contributed by atoms with Gasteiger partial charge in [-0.2, -0.15) is 0 Å². The number of aliphatic hydroxyl groups excluding tert-OH is 1. The Morgan fingerprint density at radius 2 is 1.65 bits per heavy atom. The molecule has 0 aliphatic heterocycles. The molecule has 2 rings (SSSR count). The lowest BCUT2D eigenvalue weighted by molar-refractivity contribution is 0.191. The molecule has 6 heteroatoms. The number of halogens is 2. The van der Waals surface area contributed by atoms with Gasteiger partial charge in [-0.15, -0.1) is 24.8 Å². The highest BCUT2D eigenvalue weighted by molar-refractivity contribution is 5.85. The molecule has 2 aromatic carbocycles. The highest BCUT2D eigenvalue weighted by Crippen LogP contribution is 2.15. The zero-order chi connectivity index (χ0) is 17.2. The molecule has 4 nitrogen and oxygen atoms in total. The highest BCUT2D eigenvalue weighted by atomic mass is 35.5. The summed E-state index contributed by atoms with van der Waals surface area (Å²) in [7, 11) is 0. The lowest BCUT2D eigenvalue weighted by Crippen LogP contribution is -2.31. The second kappa shape index (κ2) is 13.8. The minimum atomic E-state index is -0.299. The molecule has 2 aromatic rings. The van der Waals surface area contributed by atoms with E-state index in [9.17, 15) is 0 Å². The van der Waals surface area contributed by atoms with Gasteiger partial charge in [-0.3, -0.25) is 0 Å². The smallest absolute Gasteiger partial charge is 0.120 e. The van der Waals surface area contributed by atoms with Crippen molar-refractivity contribution >= 4 is 24.8 Å². The zero-order valence-electron chi connectivity index (χ0n) is 15.4. The van der Waals surface area contributed by atoms with E-state index in [1.807, 2.05) is 12.1 Å². The molecule has 1 atom stereocenters. The molecular weight excluding hydrogens is 371 g/mol. The van der Waals surface area contributed by atoms with Crippen molar-refractivity contribution < 1.29 is 9.84 Å². The highest BCUT2D eigenvalue weighted by Gasteiger charge is 1.99. The van der Waals surface area contributed by atoms with Gasteiger partial charge in [0.2, 0.25) is 0 Å². The monoisotopic (exact) mass is 400 g/mol. The Kier molecular flexibility index (Phi) is 13.2. The quantitative estimate of drug-likeness (QED) is 0.534. The fourth-order valence-corrected chi connectivity index (χ4v) is 2.32.